The molecule has 1 N–H and O–H groups in total. The first-order chi connectivity index (χ1) is 9.24. The molecule has 106 valence electrons. The number of fused-ring (bicyclic) bond motifs is 1. The molecule has 0 aromatic heterocycles. The Morgan fingerprint density at radius 2 is 2.21 bits per heavy atom. The summed E-state index contributed by atoms with van der Waals surface area (Å²) in [6.45, 7) is 3.05. The van der Waals surface area contributed by atoms with Crippen molar-refractivity contribution in [3.05, 3.63) is 29.3 Å². The van der Waals surface area contributed by atoms with E-state index in [1.54, 1.807) is 14.2 Å². The summed E-state index contributed by atoms with van der Waals surface area (Å²) in [5.74, 6) is 0.965. The molecule has 3 nitrogen and oxygen atoms in total. The summed E-state index contributed by atoms with van der Waals surface area (Å²) in [4.78, 5) is 0. The number of nitrogens with one attached hydrogen (secondary N) is 1. The van der Waals surface area contributed by atoms with Crippen LogP contribution in [0.1, 0.15) is 43.4 Å². The van der Waals surface area contributed by atoms with Crippen molar-refractivity contribution >= 4 is 0 Å². The molecule has 0 amide bonds. The summed E-state index contributed by atoms with van der Waals surface area (Å²) < 4.78 is 10.5. The van der Waals surface area contributed by atoms with Crippen LogP contribution >= 0.6 is 0 Å². The van der Waals surface area contributed by atoms with Crippen molar-refractivity contribution < 1.29 is 9.47 Å². The Hall–Kier alpha value is -1.06. The molecule has 1 aromatic carbocycles. The molecule has 19 heavy (non-hydrogen) atoms. The summed E-state index contributed by atoms with van der Waals surface area (Å²) >= 11 is 0. The number of hydrogen-bond acceptors (Lipinski definition) is 3. The fourth-order valence-electron chi connectivity index (χ4n) is 2.81. The molecule has 0 bridgehead atoms. The van der Waals surface area contributed by atoms with E-state index >= 15 is 0 Å². The molecule has 0 radical (unpaired) electrons. The lowest BCUT2D eigenvalue weighted by Crippen LogP contribution is -2.33. The van der Waals surface area contributed by atoms with Gasteiger partial charge in [-0.25, -0.2) is 0 Å². The number of ether oxygens (including phenoxy) is 2. The first-order valence-electron chi connectivity index (χ1n) is 7.16. The van der Waals surface area contributed by atoms with Gasteiger partial charge in [-0.15, -0.1) is 0 Å². The second-order valence-electron chi connectivity index (χ2n) is 5.36. The van der Waals surface area contributed by atoms with E-state index in [1.807, 2.05) is 0 Å². The van der Waals surface area contributed by atoms with E-state index in [9.17, 15) is 0 Å². The van der Waals surface area contributed by atoms with Gasteiger partial charge in [-0.1, -0.05) is 6.07 Å². The Bertz CT molecular complexity index is 406. The Kier molecular flexibility index (Phi) is 5.23. The number of hydrogen-bond donors (Lipinski definition) is 1. The predicted octanol–water partition coefficient (Wildman–Crippen LogP) is 3.09. The Morgan fingerprint density at radius 3 is 2.95 bits per heavy atom. The van der Waals surface area contributed by atoms with E-state index in [1.165, 1.54) is 24.0 Å². The average Bonchev–Trinajstić information content (AvgIpc) is 2.44. The van der Waals surface area contributed by atoms with E-state index in [2.05, 4.69) is 30.4 Å². The number of methoxy groups -OCH3 is 2. The second-order valence-corrected chi connectivity index (χ2v) is 5.36. The Balaban J connectivity index is 2.05. The van der Waals surface area contributed by atoms with Gasteiger partial charge in [-0.3, -0.25) is 0 Å². The lowest BCUT2D eigenvalue weighted by atomic mass is 9.87. The minimum atomic E-state index is 0.474. The van der Waals surface area contributed by atoms with Gasteiger partial charge in [0.15, 0.2) is 0 Å². The third kappa shape index (κ3) is 3.71. The third-order valence-corrected chi connectivity index (χ3v) is 3.91. The van der Waals surface area contributed by atoms with Crippen LogP contribution in [0.3, 0.4) is 0 Å². The second kappa shape index (κ2) is 6.92. The number of aryl methyl sites for hydroxylation is 1. The van der Waals surface area contributed by atoms with Crippen LogP contribution in [0.4, 0.5) is 0 Å². The van der Waals surface area contributed by atoms with E-state index in [0.29, 0.717) is 12.1 Å². The molecule has 3 heteroatoms. The van der Waals surface area contributed by atoms with Gasteiger partial charge in [0.25, 0.3) is 0 Å². The van der Waals surface area contributed by atoms with Crippen LogP contribution in [-0.2, 0) is 11.2 Å². The summed E-state index contributed by atoms with van der Waals surface area (Å²) in [5.41, 5.74) is 2.87. The minimum absolute atomic E-state index is 0.474. The minimum Gasteiger partial charge on any atom is -0.497 e. The standard InChI is InChI=1S/C16H25NO2/c1-12(9-10-18-2)17-16-6-4-5-13-11-14(19-3)7-8-15(13)16/h7-8,11-12,16-17H,4-6,9-10H2,1-3H3. The summed E-state index contributed by atoms with van der Waals surface area (Å²) in [7, 11) is 3.49. The highest BCUT2D eigenvalue weighted by Crippen LogP contribution is 2.32. The molecule has 0 spiro atoms. The van der Waals surface area contributed by atoms with E-state index < -0.39 is 0 Å². The van der Waals surface area contributed by atoms with E-state index in [0.717, 1.165) is 25.2 Å². The fourth-order valence-corrected chi connectivity index (χ4v) is 2.81. The molecule has 0 saturated heterocycles. The molecule has 1 aliphatic rings. The van der Waals surface area contributed by atoms with Crippen LogP contribution in [0.5, 0.6) is 5.75 Å². The van der Waals surface area contributed by atoms with Gasteiger partial charge in [-0.2, -0.15) is 0 Å². The molecule has 2 unspecified atom stereocenters. The molecule has 1 aromatic rings. The summed E-state index contributed by atoms with van der Waals surface area (Å²) in [5, 5.41) is 3.73. The molecule has 0 heterocycles. The van der Waals surface area contributed by atoms with Gasteiger partial charge in [0, 0.05) is 25.8 Å². The summed E-state index contributed by atoms with van der Waals surface area (Å²) in [6, 6.07) is 7.43. The quantitative estimate of drug-likeness (QED) is 0.855. The molecule has 1 aliphatic carbocycles. The van der Waals surface area contributed by atoms with Crippen LogP contribution in [0.2, 0.25) is 0 Å². The highest BCUT2D eigenvalue weighted by molar-refractivity contribution is 5.39. The zero-order valence-electron chi connectivity index (χ0n) is 12.2. The van der Waals surface area contributed by atoms with Crippen LogP contribution in [0.15, 0.2) is 18.2 Å². The lowest BCUT2D eigenvalue weighted by Gasteiger charge is -2.29. The van der Waals surface area contributed by atoms with Crippen LogP contribution in [0.25, 0.3) is 0 Å². The highest BCUT2D eigenvalue weighted by Gasteiger charge is 2.21. The molecule has 0 aliphatic heterocycles. The monoisotopic (exact) mass is 263 g/mol. The van der Waals surface area contributed by atoms with Gasteiger partial charge in [-0.05, 0) is 55.9 Å². The molecule has 0 fully saturated rings. The molecular formula is C16H25NO2. The maximum Gasteiger partial charge on any atom is 0.119 e. The Labute approximate surface area is 116 Å². The van der Waals surface area contributed by atoms with Crippen molar-refractivity contribution in [1.82, 2.24) is 5.32 Å². The van der Waals surface area contributed by atoms with Gasteiger partial charge in [0.1, 0.15) is 5.75 Å². The predicted molar refractivity (Wildman–Crippen MR) is 77.8 cm³/mol. The van der Waals surface area contributed by atoms with Crippen LogP contribution < -0.4 is 10.1 Å². The van der Waals surface area contributed by atoms with Crippen molar-refractivity contribution in [2.24, 2.45) is 0 Å². The Morgan fingerprint density at radius 1 is 1.37 bits per heavy atom. The van der Waals surface area contributed by atoms with E-state index in [4.69, 9.17) is 9.47 Å². The van der Waals surface area contributed by atoms with Crippen molar-refractivity contribution in [1.29, 1.82) is 0 Å². The maximum atomic E-state index is 5.31. The van der Waals surface area contributed by atoms with Crippen LogP contribution in [-0.4, -0.2) is 26.9 Å². The molecule has 2 rings (SSSR count). The molecular weight excluding hydrogens is 238 g/mol. The average molecular weight is 263 g/mol. The zero-order chi connectivity index (χ0) is 13.7. The topological polar surface area (TPSA) is 30.5 Å². The third-order valence-electron chi connectivity index (χ3n) is 3.91. The summed E-state index contributed by atoms with van der Waals surface area (Å²) in [6.07, 6.45) is 4.68. The van der Waals surface area contributed by atoms with Gasteiger partial charge >= 0.3 is 0 Å². The highest BCUT2D eigenvalue weighted by atomic mass is 16.5. The number of rotatable bonds is 6. The van der Waals surface area contributed by atoms with Gasteiger partial charge in [0.2, 0.25) is 0 Å². The van der Waals surface area contributed by atoms with Gasteiger partial charge < -0.3 is 14.8 Å². The zero-order valence-corrected chi connectivity index (χ0v) is 12.2. The SMILES string of the molecule is COCCC(C)NC1CCCc2cc(OC)ccc21. The van der Waals surface area contributed by atoms with Crippen molar-refractivity contribution in [3.8, 4) is 5.75 Å². The van der Waals surface area contributed by atoms with Gasteiger partial charge in [0.05, 0.1) is 7.11 Å². The fraction of sp³-hybridized carbons (Fsp3) is 0.625. The van der Waals surface area contributed by atoms with Crippen molar-refractivity contribution in [2.75, 3.05) is 20.8 Å². The van der Waals surface area contributed by atoms with E-state index in [-0.39, 0.29) is 0 Å². The normalized spacial score (nSPS) is 19.8. The first kappa shape index (κ1) is 14.4. The smallest absolute Gasteiger partial charge is 0.119 e. The molecule has 0 saturated carbocycles. The lowest BCUT2D eigenvalue weighted by molar-refractivity contribution is 0.181. The molecule has 2 atom stereocenters. The van der Waals surface area contributed by atoms with Crippen molar-refractivity contribution in [3.63, 3.8) is 0 Å². The van der Waals surface area contributed by atoms with Crippen LogP contribution in [0, 0.1) is 0 Å². The first-order valence-corrected chi connectivity index (χ1v) is 7.16. The largest absolute Gasteiger partial charge is 0.497 e. The number of benzene rings is 1. The van der Waals surface area contributed by atoms with Crippen molar-refractivity contribution in [2.45, 2.75) is 44.7 Å². The maximum absolute atomic E-state index is 5.31.